The second kappa shape index (κ2) is 19.9. The molecule has 1 aliphatic rings. The van der Waals surface area contributed by atoms with Crippen LogP contribution in [0.5, 0.6) is 5.88 Å². The number of primary amides is 2. The van der Waals surface area contributed by atoms with Gasteiger partial charge in [0.2, 0.25) is 0 Å². The fraction of sp³-hybridized carbons (Fsp3) is 0.182. The van der Waals surface area contributed by atoms with E-state index in [0.29, 0.717) is 11.1 Å². The first-order chi connectivity index (χ1) is 23.7. The van der Waals surface area contributed by atoms with Gasteiger partial charge in [0.05, 0.1) is 9.79 Å². The quantitative estimate of drug-likeness (QED) is 0.0568. The van der Waals surface area contributed by atoms with Crippen LogP contribution in [0.3, 0.4) is 0 Å². The minimum atomic E-state index is -4.69. The van der Waals surface area contributed by atoms with Crippen LogP contribution in [0.4, 0.5) is 0 Å². The van der Waals surface area contributed by atoms with Crippen molar-refractivity contribution in [2.24, 2.45) is 11.5 Å². The van der Waals surface area contributed by atoms with Crippen LogP contribution in [0.2, 0.25) is 0 Å². The van der Waals surface area contributed by atoms with Crippen LogP contribution in [0.15, 0.2) is 92.0 Å². The van der Waals surface area contributed by atoms with Crippen molar-refractivity contribution < 1.29 is 139 Å². The minimum Gasteiger partial charge on any atom is -0.860 e. The third-order valence-electron chi connectivity index (χ3n) is 8.12. The topological polar surface area (TPSA) is 283 Å². The van der Waals surface area contributed by atoms with E-state index in [1.54, 1.807) is 0 Å². The van der Waals surface area contributed by atoms with Gasteiger partial charge in [-0.15, -0.1) is 0 Å². The molecule has 0 saturated carbocycles. The summed E-state index contributed by atoms with van der Waals surface area (Å²) in [5.41, 5.74) is 9.54. The Morgan fingerprint density at radius 1 is 0.741 bits per heavy atom. The van der Waals surface area contributed by atoms with Gasteiger partial charge in [0.1, 0.15) is 31.4 Å². The number of aryl methyl sites for hydroxylation is 1. The molecule has 0 bridgehead atoms. The molecule has 3 aromatic rings. The number of nitrogens with two attached hydrogens (primary N) is 2. The SMILES string of the molecule is CC1=C(C(N)=O)C(=O)N(CCc2ccc(S(=O)(=O)[O-])cc2)C(=O)/C1=C\C=C\c1c(C)c(C(N)=O)c(=O)n(CCc2ccc(S(=O)(=O)[O-])cc2)c1[O-].[Na+].[Na+].[Na+]. The standard InChI is InChI=1S/C33H32N4O12S2.3Na/c1-18-24(30(40)36(32(42)26(18)28(34)38)16-14-20-6-10-22(11-7-20)50(44,45)46)4-3-5-25-19(2)27(29(35)39)33(43)37(31(25)41)17-15-21-8-12-23(13-9-21)51(47,48)49;;;/h3-13,40H,14-17H2,1-2H3,(H2,34,38)(H2,35,39)(H,44,45,46)(H,47,48,49);;;/q;3*+1/p-3/b4-3+,25-5-;;;. The van der Waals surface area contributed by atoms with E-state index in [0.717, 1.165) is 33.7 Å². The molecular formula is C33H29N4Na3O12S2. The molecule has 21 heteroatoms. The molecule has 4 rings (SSSR count). The number of pyridine rings is 1. The van der Waals surface area contributed by atoms with Crippen molar-refractivity contribution in [3.63, 3.8) is 0 Å². The van der Waals surface area contributed by atoms with Crippen molar-refractivity contribution >= 4 is 49.9 Å². The minimum absolute atomic E-state index is 0. The summed E-state index contributed by atoms with van der Waals surface area (Å²) in [5.74, 6) is -4.86. The van der Waals surface area contributed by atoms with Crippen LogP contribution in [0.25, 0.3) is 6.08 Å². The summed E-state index contributed by atoms with van der Waals surface area (Å²) in [6.45, 7) is 2.12. The number of imide groups is 1. The zero-order chi connectivity index (χ0) is 38.0. The molecule has 0 atom stereocenters. The molecule has 0 radical (unpaired) electrons. The zero-order valence-electron chi connectivity index (χ0n) is 29.9. The number of hydrogen-bond acceptors (Lipinski definition) is 12. The summed E-state index contributed by atoms with van der Waals surface area (Å²) in [5, 5.41) is 13.5. The molecule has 4 amide bonds. The Morgan fingerprint density at radius 3 is 1.63 bits per heavy atom. The van der Waals surface area contributed by atoms with Gasteiger partial charge >= 0.3 is 88.7 Å². The van der Waals surface area contributed by atoms with Gasteiger partial charge in [-0.3, -0.25) is 28.9 Å². The fourth-order valence-electron chi connectivity index (χ4n) is 5.40. The first-order valence-corrected chi connectivity index (χ1v) is 17.6. The summed E-state index contributed by atoms with van der Waals surface area (Å²) in [6, 6.07) is 9.64. The predicted molar refractivity (Wildman–Crippen MR) is 175 cm³/mol. The maximum absolute atomic E-state index is 13.5. The normalized spacial score (nSPS) is 14.1. The molecule has 16 nitrogen and oxygen atoms in total. The summed E-state index contributed by atoms with van der Waals surface area (Å²) in [4.78, 5) is 64.2. The maximum Gasteiger partial charge on any atom is 1.00 e. The summed E-state index contributed by atoms with van der Waals surface area (Å²) < 4.78 is 68.1. The Hall–Kier alpha value is -2.69. The third-order valence-corrected chi connectivity index (χ3v) is 9.82. The van der Waals surface area contributed by atoms with Crippen LogP contribution in [-0.2, 0) is 54.0 Å². The van der Waals surface area contributed by atoms with Crippen molar-refractivity contribution in [2.75, 3.05) is 6.54 Å². The van der Waals surface area contributed by atoms with E-state index in [-0.39, 0.29) is 137 Å². The molecule has 0 unspecified atom stereocenters. The van der Waals surface area contributed by atoms with Gasteiger partial charge in [-0.05, 0) is 90.7 Å². The molecule has 0 saturated heterocycles. The van der Waals surface area contributed by atoms with Crippen molar-refractivity contribution in [3.05, 3.63) is 116 Å². The number of amides is 4. The van der Waals surface area contributed by atoms with Gasteiger partial charge in [-0.1, -0.05) is 36.4 Å². The summed E-state index contributed by atoms with van der Waals surface area (Å²) in [7, 11) is -9.39. The first kappa shape index (κ1) is 49.3. The molecule has 0 spiro atoms. The molecule has 268 valence electrons. The van der Waals surface area contributed by atoms with Crippen LogP contribution >= 0.6 is 0 Å². The molecular weight excluding hydrogens is 777 g/mol. The van der Waals surface area contributed by atoms with E-state index in [1.807, 2.05) is 0 Å². The van der Waals surface area contributed by atoms with Gasteiger partial charge in [-0.2, -0.15) is 0 Å². The number of carbonyl (C=O) groups is 4. The van der Waals surface area contributed by atoms with E-state index in [2.05, 4.69) is 0 Å². The zero-order valence-corrected chi connectivity index (χ0v) is 37.6. The summed E-state index contributed by atoms with van der Waals surface area (Å²) >= 11 is 0. The number of rotatable bonds is 12. The number of aromatic nitrogens is 1. The average molecular weight is 807 g/mol. The van der Waals surface area contributed by atoms with Crippen LogP contribution in [-0.4, -0.2) is 65.6 Å². The molecule has 0 aliphatic carbocycles. The third kappa shape index (κ3) is 11.2. The van der Waals surface area contributed by atoms with E-state index >= 15 is 0 Å². The van der Waals surface area contributed by atoms with E-state index < -0.39 is 76.2 Å². The van der Waals surface area contributed by atoms with Crippen molar-refractivity contribution in [1.82, 2.24) is 9.47 Å². The Balaban J connectivity index is 0.00000486. The van der Waals surface area contributed by atoms with E-state index in [4.69, 9.17) is 11.5 Å². The van der Waals surface area contributed by atoms with Crippen molar-refractivity contribution in [2.45, 2.75) is 43.0 Å². The first-order valence-electron chi connectivity index (χ1n) is 14.8. The second-order valence-electron chi connectivity index (χ2n) is 11.3. The molecule has 54 heavy (non-hydrogen) atoms. The Labute approximate surface area is 376 Å². The monoisotopic (exact) mass is 806 g/mol. The summed E-state index contributed by atoms with van der Waals surface area (Å²) in [6.07, 6.45) is 3.68. The predicted octanol–water partition coefficient (Wildman–Crippen LogP) is -9.25. The Kier molecular flexibility index (Phi) is 18.2. The molecule has 4 N–H and O–H groups in total. The fourth-order valence-corrected chi connectivity index (χ4v) is 6.34. The van der Waals surface area contributed by atoms with Gasteiger partial charge in [0.25, 0.3) is 29.2 Å². The Morgan fingerprint density at radius 2 is 1.20 bits per heavy atom. The number of carbonyl (C=O) groups excluding carboxylic acids is 4. The van der Waals surface area contributed by atoms with Gasteiger partial charge in [-0.25, -0.2) is 16.8 Å². The van der Waals surface area contributed by atoms with E-state index in [9.17, 15) is 55.0 Å². The van der Waals surface area contributed by atoms with Crippen molar-refractivity contribution in [1.29, 1.82) is 0 Å². The maximum atomic E-state index is 13.5. The van der Waals surface area contributed by atoms with Crippen molar-refractivity contribution in [3.8, 4) is 5.88 Å². The molecule has 0 fully saturated rings. The Bertz CT molecular complexity index is 2360. The smallest absolute Gasteiger partial charge is 0.860 e. The molecule has 1 aromatic heterocycles. The van der Waals surface area contributed by atoms with E-state index in [1.165, 1.54) is 56.3 Å². The average Bonchev–Trinajstić information content (AvgIpc) is 3.03. The van der Waals surface area contributed by atoms with Crippen LogP contribution < -0.4 is 111 Å². The molecule has 2 heterocycles. The second-order valence-corrected chi connectivity index (χ2v) is 14.1. The van der Waals surface area contributed by atoms with Gasteiger partial charge < -0.3 is 30.2 Å². The molecule has 1 aliphatic heterocycles. The van der Waals surface area contributed by atoms with Gasteiger partial charge in [0, 0.05) is 18.7 Å². The number of allylic oxidation sites excluding steroid dienone is 2. The number of benzene rings is 2. The largest absolute Gasteiger partial charge is 1.00 e. The van der Waals surface area contributed by atoms with Gasteiger partial charge in [0.15, 0.2) is 0 Å². The van der Waals surface area contributed by atoms with Crippen LogP contribution in [0, 0.1) is 6.92 Å². The number of hydrogen-bond donors (Lipinski definition) is 2. The van der Waals surface area contributed by atoms with Crippen LogP contribution in [0.1, 0.15) is 39.5 Å². The number of nitrogens with zero attached hydrogens (tertiary/aromatic N) is 2. The molecule has 2 aromatic carbocycles.